The van der Waals surface area contributed by atoms with Crippen LogP contribution in [0, 0.1) is 12.8 Å². The Morgan fingerprint density at radius 3 is 2.36 bits per heavy atom. The van der Waals surface area contributed by atoms with Gasteiger partial charge < -0.3 is 20.3 Å². The summed E-state index contributed by atoms with van der Waals surface area (Å²) in [6.07, 6.45) is 1.96. The highest BCUT2D eigenvalue weighted by atomic mass is 16.5. The third kappa shape index (κ3) is 8.26. The van der Waals surface area contributed by atoms with Crippen LogP contribution in [-0.4, -0.2) is 68.6 Å². The van der Waals surface area contributed by atoms with Crippen LogP contribution in [0.2, 0.25) is 0 Å². The molecule has 1 unspecified atom stereocenters. The zero-order valence-electron chi connectivity index (χ0n) is 22.3. The Bertz CT molecular complexity index is 969. The summed E-state index contributed by atoms with van der Waals surface area (Å²) in [4.78, 5) is 30.4. The van der Waals surface area contributed by atoms with E-state index in [0.717, 1.165) is 51.3 Å². The molecule has 0 radical (unpaired) electrons. The number of rotatable bonds is 12. The highest BCUT2D eigenvalue weighted by Crippen LogP contribution is 2.18. The van der Waals surface area contributed by atoms with Crippen molar-refractivity contribution in [2.75, 3.05) is 50.8 Å². The Labute approximate surface area is 216 Å². The van der Waals surface area contributed by atoms with Crippen molar-refractivity contribution in [3.8, 4) is 5.75 Å². The summed E-state index contributed by atoms with van der Waals surface area (Å²) < 4.78 is 5.43. The van der Waals surface area contributed by atoms with Crippen LogP contribution in [0.25, 0.3) is 0 Å². The Morgan fingerprint density at radius 2 is 1.72 bits per heavy atom. The highest BCUT2D eigenvalue weighted by molar-refractivity contribution is 5.97. The van der Waals surface area contributed by atoms with Crippen molar-refractivity contribution in [3.63, 3.8) is 0 Å². The van der Waals surface area contributed by atoms with Crippen molar-refractivity contribution in [1.82, 2.24) is 15.5 Å². The molecular weight excluding hydrogens is 452 g/mol. The molecule has 2 aromatic rings. The van der Waals surface area contributed by atoms with Crippen LogP contribution in [0.5, 0.6) is 5.75 Å². The van der Waals surface area contributed by atoms with E-state index >= 15 is 0 Å². The van der Waals surface area contributed by atoms with E-state index < -0.39 is 6.04 Å². The van der Waals surface area contributed by atoms with Gasteiger partial charge in [-0.15, -0.1) is 0 Å². The molecule has 1 aliphatic heterocycles. The van der Waals surface area contributed by atoms with Crippen LogP contribution < -0.4 is 20.3 Å². The van der Waals surface area contributed by atoms with Gasteiger partial charge in [0.1, 0.15) is 11.8 Å². The summed E-state index contributed by atoms with van der Waals surface area (Å²) in [5.74, 6) is 0.328. The molecule has 0 aliphatic carbocycles. The lowest BCUT2D eigenvalue weighted by atomic mass is 10.0. The first kappa shape index (κ1) is 27.5. The van der Waals surface area contributed by atoms with Gasteiger partial charge in [-0.25, -0.2) is 0 Å². The predicted molar refractivity (Wildman–Crippen MR) is 146 cm³/mol. The Hall–Kier alpha value is -3.06. The molecule has 1 fully saturated rings. The summed E-state index contributed by atoms with van der Waals surface area (Å²) >= 11 is 0. The number of hydrogen-bond donors (Lipinski definition) is 2. The molecule has 2 amide bonds. The van der Waals surface area contributed by atoms with Crippen LogP contribution in [0.15, 0.2) is 48.5 Å². The fraction of sp³-hybridized carbons (Fsp3) is 0.517. The van der Waals surface area contributed by atoms with Crippen molar-refractivity contribution >= 4 is 17.5 Å². The molecule has 0 bridgehead atoms. The van der Waals surface area contributed by atoms with Crippen molar-refractivity contribution in [1.29, 1.82) is 0 Å². The molecule has 7 nitrogen and oxygen atoms in total. The molecule has 0 saturated carbocycles. The Kier molecular flexibility index (Phi) is 10.6. The molecule has 1 atom stereocenters. The molecule has 1 saturated heterocycles. The van der Waals surface area contributed by atoms with E-state index in [2.05, 4.69) is 51.6 Å². The molecule has 36 heavy (non-hydrogen) atoms. The lowest BCUT2D eigenvalue weighted by Gasteiger charge is -2.36. The molecular formula is C29H42N4O3. The second-order valence-electron chi connectivity index (χ2n) is 9.82. The minimum atomic E-state index is -0.571. The number of anilines is 1. The van der Waals surface area contributed by atoms with Crippen molar-refractivity contribution in [2.24, 2.45) is 5.92 Å². The Morgan fingerprint density at radius 1 is 1.00 bits per heavy atom. The van der Waals surface area contributed by atoms with Crippen LogP contribution in [0.3, 0.4) is 0 Å². The molecule has 1 heterocycles. The molecule has 2 N–H and O–H groups in total. The van der Waals surface area contributed by atoms with Crippen LogP contribution in [-0.2, 0) is 4.79 Å². The number of benzene rings is 2. The molecule has 3 rings (SSSR count). The van der Waals surface area contributed by atoms with Crippen LogP contribution in [0.1, 0.15) is 49.5 Å². The lowest BCUT2D eigenvalue weighted by Crippen LogP contribution is -2.50. The second-order valence-corrected chi connectivity index (χ2v) is 9.82. The zero-order valence-corrected chi connectivity index (χ0v) is 22.3. The third-order valence-electron chi connectivity index (χ3n) is 6.60. The average Bonchev–Trinajstić information content (AvgIpc) is 2.87. The smallest absolute Gasteiger partial charge is 0.251 e. The molecule has 2 aromatic carbocycles. The van der Waals surface area contributed by atoms with Gasteiger partial charge in [0.25, 0.3) is 5.91 Å². The Balaban J connectivity index is 1.35. The molecule has 7 heteroatoms. The minimum Gasteiger partial charge on any atom is -0.494 e. The first-order valence-electron chi connectivity index (χ1n) is 13.2. The fourth-order valence-electron chi connectivity index (χ4n) is 4.47. The van der Waals surface area contributed by atoms with E-state index in [1.54, 1.807) is 24.3 Å². The number of unbranched alkanes of at least 4 members (excludes halogenated alkanes) is 1. The standard InChI is InChI=1S/C29H42N4O3/c1-5-36-26-13-11-24(12-14-26)28(34)31-27(22(2)3)29(35)30-15-6-7-16-32-17-19-33(20-18-32)25-10-8-9-23(4)21-25/h8-14,21-22,27H,5-7,15-20H2,1-4H3,(H,30,35)(H,31,34). The second kappa shape index (κ2) is 13.9. The quantitative estimate of drug-likeness (QED) is 0.438. The maximum Gasteiger partial charge on any atom is 0.251 e. The van der Waals surface area contributed by atoms with E-state index in [1.165, 1.54) is 11.3 Å². The highest BCUT2D eigenvalue weighted by Gasteiger charge is 2.24. The lowest BCUT2D eigenvalue weighted by molar-refractivity contribution is -0.123. The number of nitrogens with zero attached hydrogens (tertiary/aromatic N) is 2. The van der Waals surface area contributed by atoms with E-state index in [0.29, 0.717) is 18.7 Å². The number of nitrogens with one attached hydrogen (secondary N) is 2. The number of aryl methyl sites for hydroxylation is 1. The van der Waals surface area contributed by atoms with Crippen molar-refractivity contribution in [3.05, 3.63) is 59.7 Å². The van der Waals surface area contributed by atoms with E-state index in [1.807, 2.05) is 20.8 Å². The van der Waals surface area contributed by atoms with Gasteiger partial charge >= 0.3 is 0 Å². The van der Waals surface area contributed by atoms with Gasteiger partial charge in [-0.1, -0.05) is 26.0 Å². The van der Waals surface area contributed by atoms with Gasteiger partial charge in [-0.3, -0.25) is 14.5 Å². The zero-order chi connectivity index (χ0) is 25.9. The van der Waals surface area contributed by atoms with Gasteiger partial charge in [0.2, 0.25) is 5.91 Å². The van der Waals surface area contributed by atoms with Gasteiger partial charge in [0.15, 0.2) is 0 Å². The SMILES string of the molecule is CCOc1ccc(C(=O)NC(C(=O)NCCCCN2CCN(c3cccc(C)c3)CC2)C(C)C)cc1. The van der Waals surface area contributed by atoms with E-state index in [4.69, 9.17) is 4.74 Å². The number of carbonyl (C=O) groups is 2. The molecule has 196 valence electrons. The summed E-state index contributed by atoms with van der Waals surface area (Å²) in [6, 6.07) is 15.1. The maximum absolute atomic E-state index is 12.8. The van der Waals surface area contributed by atoms with E-state index in [9.17, 15) is 9.59 Å². The van der Waals surface area contributed by atoms with Crippen LogP contribution in [0.4, 0.5) is 5.69 Å². The summed E-state index contributed by atoms with van der Waals surface area (Å²) in [5.41, 5.74) is 3.12. The van der Waals surface area contributed by atoms with E-state index in [-0.39, 0.29) is 17.7 Å². The first-order valence-corrected chi connectivity index (χ1v) is 13.2. The van der Waals surface area contributed by atoms with Gasteiger partial charge in [-0.2, -0.15) is 0 Å². The topological polar surface area (TPSA) is 73.9 Å². The number of amides is 2. The number of carbonyl (C=O) groups excluding carboxylic acids is 2. The average molecular weight is 495 g/mol. The number of ether oxygens (including phenoxy) is 1. The third-order valence-corrected chi connectivity index (χ3v) is 6.60. The molecule has 1 aliphatic rings. The molecule has 0 spiro atoms. The monoisotopic (exact) mass is 494 g/mol. The van der Waals surface area contributed by atoms with Gasteiger partial charge in [-0.05, 0) is 81.1 Å². The van der Waals surface area contributed by atoms with Gasteiger partial charge in [0, 0.05) is 44.0 Å². The summed E-state index contributed by atoms with van der Waals surface area (Å²) in [5, 5.41) is 5.91. The summed E-state index contributed by atoms with van der Waals surface area (Å²) in [6.45, 7) is 14.4. The van der Waals surface area contributed by atoms with Gasteiger partial charge in [0.05, 0.1) is 6.61 Å². The minimum absolute atomic E-state index is 0.0126. The number of hydrogen-bond acceptors (Lipinski definition) is 5. The fourth-order valence-corrected chi connectivity index (χ4v) is 4.47. The van der Waals surface area contributed by atoms with Crippen molar-refractivity contribution in [2.45, 2.75) is 46.6 Å². The van der Waals surface area contributed by atoms with Crippen molar-refractivity contribution < 1.29 is 14.3 Å². The largest absolute Gasteiger partial charge is 0.494 e. The first-order chi connectivity index (χ1) is 17.4. The molecule has 0 aromatic heterocycles. The van der Waals surface area contributed by atoms with Crippen LogP contribution >= 0.6 is 0 Å². The summed E-state index contributed by atoms with van der Waals surface area (Å²) in [7, 11) is 0. The number of piperazine rings is 1. The predicted octanol–water partition coefficient (Wildman–Crippen LogP) is 3.87. The maximum atomic E-state index is 12.8. The normalized spacial score (nSPS) is 15.0.